The van der Waals surface area contributed by atoms with E-state index in [9.17, 15) is 4.79 Å². The molecule has 0 aromatic heterocycles. The normalized spacial score (nSPS) is 20.9. The third-order valence-electron chi connectivity index (χ3n) is 1.70. The average molecular weight is 167 g/mol. The molecule has 0 saturated carbocycles. The van der Waals surface area contributed by atoms with Gasteiger partial charge in [-0.3, -0.25) is 9.80 Å². The Hall–Kier alpha value is -1.29. The van der Waals surface area contributed by atoms with Crippen LogP contribution < -0.4 is 10.7 Å². The number of hydrogen-bond acceptors (Lipinski definition) is 3. The summed E-state index contributed by atoms with van der Waals surface area (Å²) in [5, 5.41) is 4.49. The van der Waals surface area contributed by atoms with Gasteiger partial charge in [-0.15, -0.1) is 0 Å². The first kappa shape index (κ1) is 8.80. The van der Waals surface area contributed by atoms with Gasteiger partial charge in [0.05, 0.1) is 0 Å². The molecule has 2 N–H and O–H groups in total. The van der Waals surface area contributed by atoms with Crippen molar-refractivity contribution in [3.05, 3.63) is 23.7 Å². The van der Waals surface area contributed by atoms with Crippen LogP contribution in [-0.4, -0.2) is 18.0 Å². The van der Waals surface area contributed by atoms with Crippen molar-refractivity contribution < 1.29 is 4.79 Å². The van der Waals surface area contributed by atoms with E-state index in [1.165, 1.54) is 0 Å². The maximum absolute atomic E-state index is 11.2. The van der Waals surface area contributed by atoms with Crippen LogP contribution in [0.2, 0.25) is 0 Å². The molecule has 66 valence electrons. The van der Waals surface area contributed by atoms with Gasteiger partial charge in [0.25, 0.3) is 5.91 Å². The highest BCUT2D eigenvalue weighted by Gasteiger charge is 2.16. The van der Waals surface area contributed by atoms with E-state index in [2.05, 4.69) is 10.7 Å². The van der Waals surface area contributed by atoms with E-state index in [-0.39, 0.29) is 5.91 Å². The lowest BCUT2D eigenvalue weighted by molar-refractivity contribution is -0.117. The Balaban J connectivity index is 2.93. The molecule has 1 amide bonds. The number of carbonyl (C=O) groups is 1. The number of carbonyl (C=O) groups excluding carboxylic acids is 1. The van der Waals surface area contributed by atoms with Gasteiger partial charge in [0.2, 0.25) is 0 Å². The first-order chi connectivity index (χ1) is 5.69. The van der Waals surface area contributed by atoms with Crippen LogP contribution in [0.1, 0.15) is 13.8 Å². The second-order valence-electron chi connectivity index (χ2n) is 2.53. The standard InChI is InChI=1S/C8H13N3O/c1-4-7-10-8(12)6(2)5-11(7)9-3/h4-5,9H,1-3H3,(H,10,12). The van der Waals surface area contributed by atoms with Crippen molar-refractivity contribution >= 4 is 5.91 Å². The summed E-state index contributed by atoms with van der Waals surface area (Å²) < 4.78 is 0. The molecule has 4 heteroatoms. The number of allylic oxidation sites excluding steroid dienone is 1. The largest absolute Gasteiger partial charge is 0.307 e. The smallest absolute Gasteiger partial charge is 0.253 e. The molecule has 0 spiro atoms. The molecule has 0 saturated heterocycles. The number of amides is 1. The van der Waals surface area contributed by atoms with Gasteiger partial charge < -0.3 is 5.32 Å². The Kier molecular flexibility index (Phi) is 2.50. The highest BCUT2D eigenvalue weighted by atomic mass is 16.2. The van der Waals surface area contributed by atoms with Gasteiger partial charge in [-0.1, -0.05) is 0 Å². The molecule has 0 unspecified atom stereocenters. The van der Waals surface area contributed by atoms with Crippen molar-refractivity contribution in [3.63, 3.8) is 0 Å². The van der Waals surface area contributed by atoms with Gasteiger partial charge in [0.15, 0.2) is 0 Å². The van der Waals surface area contributed by atoms with Crippen molar-refractivity contribution in [2.75, 3.05) is 7.05 Å². The molecule has 0 aromatic carbocycles. The predicted molar refractivity (Wildman–Crippen MR) is 46.6 cm³/mol. The Bertz CT molecular complexity index is 255. The van der Waals surface area contributed by atoms with Gasteiger partial charge in [-0.05, 0) is 19.9 Å². The Morgan fingerprint density at radius 3 is 2.83 bits per heavy atom. The molecule has 0 radical (unpaired) electrons. The van der Waals surface area contributed by atoms with Crippen LogP contribution in [0.25, 0.3) is 0 Å². The Labute approximate surface area is 71.9 Å². The molecule has 1 aliphatic heterocycles. The molecule has 0 aliphatic carbocycles. The minimum Gasteiger partial charge on any atom is -0.307 e. The van der Waals surface area contributed by atoms with Crippen LogP contribution in [0.5, 0.6) is 0 Å². The second kappa shape index (κ2) is 3.40. The van der Waals surface area contributed by atoms with Crippen molar-refractivity contribution in [2.24, 2.45) is 0 Å². The predicted octanol–water partition coefficient (Wildman–Crippen LogP) is 0.318. The number of hydrazine groups is 1. The van der Waals surface area contributed by atoms with Crippen LogP contribution in [0.3, 0.4) is 0 Å². The number of nitrogens with zero attached hydrogens (tertiary/aromatic N) is 1. The monoisotopic (exact) mass is 167 g/mol. The summed E-state index contributed by atoms with van der Waals surface area (Å²) in [4.78, 5) is 11.2. The van der Waals surface area contributed by atoms with Crippen LogP contribution >= 0.6 is 0 Å². The second-order valence-corrected chi connectivity index (χ2v) is 2.53. The first-order valence-corrected chi connectivity index (χ1v) is 3.81. The zero-order chi connectivity index (χ0) is 9.14. The van der Waals surface area contributed by atoms with Crippen molar-refractivity contribution in [3.8, 4) is 0 Å². The van der Waals surface area contributed by atoms with Crippen LogP contribution in [-0.2, 0) is 4.79 Å². The molecule has 0 fully saturated rings. The van der Waals surface area contributed by atoms with Gasteiger partial charge in [-0.25, -0.2) is 5.43 Å². The summed E-state index contributed by atoms with van der Waals surface area (Å²) >= 11 is 0. The lowest BCUT2D eigenvalue weighted by atomic mass is 10.2. The van der Waals surface area contributed by atoms with E-state index in [4.69, 9.17) is 0 Å². The van der Waals surface area contributed by atoms with Gasteiger partial charge >= 0.3 is 0 Å². The molecular weight excluding hydrogens is 154 g/mol. The summed E-state index contributed by atoms with van der Waals surface area (Å²) in [5.41, 5.74) is 3.62. The van der Waals surface area contributed by atoms with Gasteiger partial charge in [-0.2, -0.15) is 0 Å². The lowest BCUT2D eigenvalue weighted by Crippen LogP contribution is -2.43. The molecule has 1 rings (SSSR count). The lowest BCUT2D eigenvalue weighted by Gasteiger charge is -2.27. The average Bonchev–Trinajstić information content (AvgIpc) is 2.09. The van der Waals surface area contributed by atoms with E-state index in [0.29, 0.717) is 5.57 Å². The fourth-order valence-electron chi connectivity index (χ4n) is 0.993. The molecule has 0 bridgehead atoms. The Morgan fingerprint density at radius 2 is 2.33 bits per heavy atom. The summed E-state index contributed by atoms with van der Waals surface area (Å²) in [7, 11) is 1.80. The Morgan fingerprint density at radius 1 is 1.67 bits per heavy atom. The minimum absolute atomic E-state index is 0.0467. The molecule has 12 heavy (non-hydrogen) atoms. The van der Waals surface area contributed by atoms with E-state index < -0.39 is 0 Å². The van der Waals surface area contributed by atoms with E-state index in [1.54, 1.807) is 25.2 Å². The quantitative estimate of drug-likeness (QED) is 0.591. The molecule has 1 aliphatic rings. The van der Waals surface area contributed by atoms with Crippen molar-refractivity contribution in [2.45, 2.75) is 13.8 Å². The number of hydrogen-bond donors (Lipinski definition) is 2. The molecule has 4 nitrogen and oxygen atoms in total. The highest BCUT2D eigenvalue weighted by Crippen LogP contribution is 2.08. The molecule has 0 aromatic rings. The first-order valence-electron chi connectivity index (χ1n) is 3.81. The topological polar surface area (TPSA) is 44.4 Å². The van der Waals surface area contributed by atoms with E-state index >= 15 is 0 Å². The van der Waals surface area contributed by atoms with Crippen molar-refractivity contribution in [1.29, 1.82) is 0 Å². The fraction of sp³-hybridized carbons (Fsp3) is 0.375. The van der Waals surface area contributed by atoms with Gasteiger partial charge in [0.1, 0.15) is 5.82 Å². The minimum atomic E-state index is -0.0467. The summed E-state index contributed by atoms with van der Waals surface area (Å²) in [5.74, 6) is 0.711. The van der Waals surface area contributed by atoms with Crippen LogP contribution in [0, 0.1) is 0 Å². The SMILES string of the molecule is CC=C1NC(=O)C(C)=CN1NC. The number of nitrogens with one attached hydrogen (secondary N) is 2. The zero-order valence-electron chi connectivity index (χ0n) is 7.51. The van der Waals surface area contributed by atoms with Gasteiger partial charge in [0, 0.05) is 18.8 Å². The third-order valence-corrected chi connectivity index (χ3v) is 1.70. The molecule has 0 atom stereocenters. The van der Waals surface area contributed by atoms with Crippen molar-refractivity contribution in [1.82, 2.24) is 15.8 Å². The molecule has 1 heterocycles. The molecular formula is C8H13N3O. The fourth-order valence-corrected chi connectivity index (χ4v) is 0.993. The maximum atomic E-state index is 11.2. The summed E-state index contributed by atoms with van der Waals surface area (Å²) in [6.07, 6.45) is 3.59. The van der Waals surface area contributed by atoms with E-state index in [1.807, 2.05) is 13.0 Å². The van der Waals surface area contributed by atoms with E-state index in [0.717, 1.165) is 5.82 Å². The van der Waals surface area contributed by atoms with Crippen LogP contribution in [0.15, 0.2) is 23.7 Å². The summed E-state index contributed by atoms with van der Waals surface area (Å²) in [6.45, 7) is 3.64. The van der Waals surface area contributed by atoms with Crippen LogP contribution in [0.4, 0.5) is 0 Å². The maximum Gasteiger partial charge on any atom is 0.253 e. The third kappa shape index (κ3) is 1.48. The summed E-state index contributed by atoms with van der Waals surface area (Å²) in [6, 6.07) is 0. The zero-order valence-corrected chi connectivity index (χ0v) is 7.51. The highest BCUT2D eigenvalue weighted by molar-refractivity contribution is 5.94. The number of rotatable bonds is 1.